The molecule has 0 fully saturated rings. The van der Waals surface area contributed by atoms with Gasteiger partial charge in [0.2, 0.25) is 0 Å². The topological polar surface area (TPSA) is 67.5 Å². The average molecular weight is 512 g/mol. The summed E-state index contributed by atoms with van der Waals surface area (Å²) in [5, 5.41) is 16.1. The van der Waals surface area contributed by atoms with Crippen molar-refractivity contribution in [2.75, 3.05) is 0 Å². The predicted octanol–water partition coefficient (Wildman–Crippen LogP) is 6.86. The lowest BCUT2D eigenvalue weighted by atomic mass is 9.78. The zero-order valence-corrected chi connectivity index (χ0v) is 22.4. The van der Waals surface area contributed by atoms with Crippen molar-refractivity contribution in [3.63, 3.8) is 0 Å². The van der Waals surface area contributed by atoms with E-state index in [0.29, 0.717) is 22.5 Å². The highest BCUT2D eigenvalue weighted by atomic mass is 79.9. The number of aromatic hydroxyl groups is 1. The molecule has 0 aliphatic heterocycles. The molecule has 0 aliphatic rings. The van der Waals surface area contributed by atoms with Crippen LogP contribution in [-0.2, 0) is 10.8 Å². The highest BCUT2D eigenvalue weighted by Crippen LogP contribution is 2.39. The number of phenols is 1. The maximum absolute atomic E-state index is 13.4. The van der Waals surface area contributed by atoms with Gasteiger partial charge in [-0.2, -0.15) is 9.78 Å². The first kappa shape index (κ1) is 25.2. The van der Waals surface area contributed by atoms with Crippen LogP contribution in [0.15, 0.2) is 44.7 Å². The second-order valence-electron chi connectivity index (χ2n) is 10.8. The van der Waals surface area contributed by atoms with Gasteiger partial charge in [-0.25, -0.2) is 4.98 Å². The number of rotatable bonds is 4. The fourth-order valence-corrected chi connectivity index (χ4v) is 4.14. The van der Waals surface area contributed by atoms with E-state index in [9.17, 15) is 9.90 Å². The monoisotopic (exact) mass is 511 g/mol. The number of hydrogen-bond acceptors (Lipinski definition) is 4. The first-order valence-electron chi connectivity index (χ1n) is 11.4. The molecule has 176 valence electrons. The molecule has 1 heterocycles. The molecular formula is C27H34BrN3O2. The number of hydrogen-bond donors (Lipinski definition) is 1. The zero-order chi connectivity index (χ0) is 24.7. The van der Waals surface area contributed by atoms with E-state index in [0.717, 1.165) is 27.6 Å². The Morgan fingerprint density at radius 3 is 2.18 bits per heavy atom. The molecule has 0 unspecified atom stereocenters. The summed E-state index contributed by atoms with van der Waals surface area (Å²) in [6.07, 6.45) is 2.54. The number of halogens is 1. The molecule has 1 aromatic heterocycles. The predicted molar refractivity (Wildman–Crippen MR) is 141 cm³/mol. The van der Waals surface area contributed by atoms with Crippen LogP contribution >= 0.6 is 15.9 Å². The van der Waals surface area contributed by atoms with Gasteiger partial charge in [-0.3, -0.25) is 4.79 Å². The number of benzene rings is 2. The summed E-state index contributed by atoms with van der Waals surface area (Å²) in [5.74, 6) is 1.03. The van der Waals surface area contributed by atoms with Crippen molar-refractivity contribution in [3.8, 4) is 5.75 Å². The summed E-state index contributed by atoms with van der Waals surface area (Å²) in [6, 6.07) is 9.43. The van der Waals surface area contributed by atoms with Gasteiger partial charge in [0.05, 0.1) is 17.1 Å². The van der Waals surface area contributed by atoms with Crippen molar-refractivity contribution >= 4 is 33.0 Å². The van der Waals surface area contributed by atoms with Crippen LogP contribution in [-0.4, -0.2) is 21.0 Å². The molecule has 0 spiro atoms. The highest BCUT2D eigenvalue weighted by molar-refractivity contribution is 9.10. The van der Waals surface area contributed by atoms with Gasteiger partial charge in [0.25, 0.3) is 5.56 Å². The Morgan fingerprint density at radius 2 is 1.67 bits per heavy atom. The van der Waals surface area contributed by atoms with E-state index in [-0.39, 0.29) is 22.3 Å². The lowest BCUT2D eigenvalue weighted by Gasteiger charge is -2.27. The fourth-order valence-electron chi connectivity index (χ4n) is 3.78. The third kappa shape index (κ3) is 5.21. The number of phenolic OH excluding ortho intramolecular Hbond substituents is 1. The van der Waals surface area contributed by atoms with Gasteiger partial charge in [0.1, 0.15) is 11.6 Å². The van der Waals surface area contributed by atoms with Gasteiger partial charge in [-0.05, 0) is 53.1 Å². The van der Waals surface area contributed by atoms with Gasteiger partial charge in [-0.1, -0.05) is 71.3 Å². The van der Waals surface area contributed by atoms with Crippen LogP contribution in [0.5, 0.6) is 5.75 Å². The van der Waals surface area contributed by atoms with Crippen LogP contribution in [0.2, 0.25) is 0 Å². The summed E-state index contributed by atoms with van der Waals surface area (Å²) in [4.78, 5) is 18.2. The van der Waals surface area contributed by atoms with Crippen LogP contribution < -0.4 is 5.56 Å². The van der Waals surface area contributed by atoms with E-state index < -0.39 is 0 Å². The normalized spacial score (nSPS) is 13.7. The second kappa shape index (κ2) is 9.05. The minimum atomic E-state index is -0.247. The van der Waals surface area contributed by atoms with Crippen LogP contribution in [0.1, 0.15) is 90.2 Å². The Labute approximate surface area is 204 Å². The maximum atomic E-state index is 13.4. The molecule has 5 nitrogen and oxygen atoms in total. The maximum Gasteiger partial charge on any atom is 0.282 e. The molecule has 33 heavy (non-hydrogen) atoms. The Hall–Kier alpha value is -2.47. The van der Waals surface area contributed by atoms with Crippen LogP contribution in [0, 0.1) is 0 Å². The molecule has 0 saturated heterocycles. The van der Waals surface area contributed by atoms with Gasteiger partial charge in [0, 0.05) is 21.5 Å². The van der Waals surface area contributed by atoms with Crippen molar-refractivity contribution < 1.29 is 5.11 Å². The van der Waals surface area contributed by atoms with E-state index in [1.165, 1.54) is 4.68 Å². The summed E-state index contributed by atoms with van der Waals surface area (Å²) < 4.78 is 2.24. The van der Waals surface area contributed by atoms with Crippen LogP contribution in [0.4, 0.5) is 0 Å². The molecule has 0 saturated carbocycles. The largest absolute Gasteiger partial charge is 0.507 e. The number of aromatic nitrogens is 2. The summed E-state index contributed by atoms with van der Waals surface area (Å²) in [7, 11) is 0. The fraction of sp³-hybridized carbons (Fsp3) is 0.444. The molecule has 3 aromatic rings. The standard InChI is InChI=1S/C27H34BrN3O2/c1-9-16(2)24-30-22-11-10-18(28)14-19(22)25(33)31(24)29-15-17-12-20(26(3,4)5)23(32)21(13-17)27(6,7)8/h10-16,32H,9H2,1-8H3/t16-/m0/s1. The van der Waals surface area contributed by atoms with Crippen molar-refractivity contribution in [2.24, 2.45) is 5.10 Å². The molecule has 0 bridgehead atoms. The lowest BCUT2D eigenvalue weighted by Crippen LogP contribution is -2.24. The quantitative estimate of drug-likeness (QED) is 0.389. The minimum Gasteiger partial charge on any atom is -0.507 e. The molecule has 0 amide bonds. The molecular weight excluding hydrogens is 478 g/mol. The molecule has 1 atom stereocenters. The Bertz CT molecular complexity index is 1240. The lowest BCUT2D eigenvalue weighted by molar-refractivity contribution is 0.423. The summed E-state index contributed by atoms with van der Waals surface area (Å²) in [5.41, 5.74) is 2.52. The van der Waals surface area contributed by atoms with Gasteiger partial charge in [0.15, 0.2) is 0 Å². The van der Waals surface area contributed by atoms with Crippen molar-refractivity contribution in [2.45, 2.75) is 78.6 Å². The zero-order valence-electron chi connectivity index (χ0n) is 20.8. The Kier molecular flexibility index (Phi) is 6.90. The Morgan fingerprint density at radius 1 is 1.09 bits per heavy atom. The first-order valence-corrected chi connectivity index (χ1v) is 12.2. The summed E-state index contributed by atoms with van der Waals surface area (Å²) >= 11 is 3.45. The van der Waals surface area contributed by atoms with E-state index >= 15 is 0 Å². The minimum absolute atomic E-state index is 0.0676. The SMILES string of the molecule is CC[C@H](C)c1nc2ccc(Br)cc2c(=O)n1N=Cc1cc(C(C)(C)C)c(O)c(C(C)(C)C)c1. The number of fused-ring (bicyclic) bond motifs is 1. The molecule has 3 rings (SSSR count). The van der Waals surface area contributed by atoms with E-state index in [2.05, 4.69) is 76.4 Å². The molecule has 0 radical (unpaired) electrons. The molecule has 1 N–H and O–H groups in total. The second-order valence-corrected chi connectivity index (χ2v) is 11.7. The number of nitrogens with zero attached hydrogens (tertiary/aromatic N) is 3. The van der Waals surface area contributed by atoms with E-state index in [4.69, 9.17) is 4.98 Å². The van der Waals surface area contributed by atoms with E-state index in [1.807, 2.05) is 24.3 Å². The Balaban J connectivity index is 2.25. The van der Waals surface area contributed by atoms with Crippen molar-refractivity contribution in [1.29, 1.82) is 0 Å². The molecule has 2 aromatic carbocycles. The molecule has 6 heteroatoms. The van der Waals surface area contributed by atoms with Gasteiger partial charge in [-0.15, -0.1) is 0 Å². The van der Waals surface area contributed by atoms with Crippen molar-refractivity contribution in [1.82, 2.24) is 9.66 Å². The summed E-state index contributed by atoms with van der Waals surface area (Å²) in [6.45, 7) is 16.6. The third-order valence-electron chi connectivity index (χ3n) is 5.96. The highest BCUT2D eigenvalue weighted by Gasteiger charge is 2.26. The molecule has 0 aliphatic carbocycles. The van der Waals surface area contributed by atoms with Gasteiger partial charge >= 0.3 is 0 Å². The first-order chi connectivity index (χ1) is 15.2. The smallest absolute Gasteiger partial charge is 0.282 e. The van der Waals surface area contributed by atoms with E-state index in [1.54, 1.807) is 12.3 Å². The average Bonchev–Trinajstić information content (AvgIpc) is 2.71. The van der Waals surface area contributed by atoms with Crippen molar-refractivity contribution in [3.05, 3.63) is 67.7 Å². The third-order valence-corrected chi connectivity index (χ3v) is 6.45. The van der Waals surface area contributed by atoms with Crippen LogP contribution in [0.3, 0.4) is 0 Å². The van der Waals surface area contributed by atoms with Gasteiger partial charge < -0.3 is 5.11 Å². The van der Waals surface area contributed by atoms with Crippen LogP contribution in [0.25, 0.3) is 10.9 Å².